The third kappa shape index (κ3) is 5.18. The Morgan fingerprint density at radius 3 is 2.52 bits per heavy atom. The first-order valence-electron chi connectivity index (χ1n) is 8.51. The number of rotatable bonds is 7. The van der Waals surface area contributed by atoms with E-state index >= 15 is 0 Å². The number of ether oxygens (including phenoxy) is 1. The van der Waals surface area contributed by atoms with Crippen molar-refractivity contribution in [3.63, 3.8) is 0 Å². The molecule has 7 heteroatoms. The van der Waals surface area contributed by atoms with Crippen LogP contribution >= 0.6 is 11.6 Å². The quantitative estimate of drug-likeness (QED) is 0.633. The lowest BCUT2D eigenvalue weighted by molar-refractivity contribution is 0.102. The van der Waals surface area contributed by atoms with Gasteiger partial charge in [0.1, 0.15) is 5.75 Å². The summed E-state index contributed by atoms with van der Waals surface area (Å²) in [6, 6.07) is 18.4. The lowest BCUT2D eigenvalue weighted by Gasteiger charge is -2.11. The number of benzene rings is 2. The summed E-state index contributed by atoms with van der Waals surface area (Å²) < 4.78 is 5.40. The highest BCUT2D eigenvalue weighted by Gasteiger charge is 2.15. The van der Waals surface area contributed by atoms with Crippen LogP contribution in [0.1, 0.15) is 22.8 Å². The van der Waals surface area contributed by atoms with Crippen LogP contribution < -0.4 is 15.4 Å². The van der Waals surface area contributed by atoms with Crippen LogP contribution in [0.4, 0.5) is 11.5 Å². The van der Waals surface area contributed by atoms with Gasteiger partial charge in [-0.3, -0.25) is 4.79 Å². The van der Waals surface area contributed by atoms with Crippen molar-refractivity contribution in [3.8, 4) is 5.75 Å². The first kappa shape index (κ1) is 18.7. The Kier molecular flexibility index (Phi) is 6.22. The van der Waals surface area contributed by atoms with E-state index in [2.05, 4.69) is 20.8 Å². The number of anilines is 2. The Morgan fingerprint density at radius 1 is 1.07 bits per heavy atom. The molecule has 0 bridgehead atoms. The molecule has 0 aliphatic rings. The van der Waals surface area contributed by atoms with Crippen LogP contribution in [0, 0.1) is 0 Å². The standard InChI is InChI=1S/C20H19ClN4O2/c1-2-27-16-10-8-15(9-11-16)23-20(26)17-12-18(21)24-25-19(17)22-13-14-6-4-3-5-7-14/h3-12H,2,13H2,1H3,(H,22,25)(H,23,26). The molecule has 0 unspecified atom stereocenters. The summed E-state index contributed by atoms with van der Waals surface area (Å²) in [7, 11) is 0. The first-order chi connectivity index (χ1) is 13.2. The second-order valence-corrected chi connectivity index (χ2v) is 6.07. The molecule has 0 radical (unpaired) electrons. The molecule has 0 spiro atoms. The van der Waals surface area contributed by atoms with Crippen LogP contribution in [-0.2, 0) is 6.54 Å². The lowest BCUT2D eigenvalue weighted by Crippen LogP contribution is -2.16. The fourth-order valence-electron chi connectivity index (χ4n) is 2.45. The van der Waals surface area contributed by atoms with Gasteiger partial charge in [-0.2, -0.15) is 0 Å². The van der Waals surface area contributed by atoms with E-state index in [1.165, 1.54) is 6.07 Å². The molecular weight excluding hydrogens is 364 g/mol. The summed E-state index contributed by atoms with van der Waals surface area (Å²) in [5.41, 5.74) is 2.03. The van der Waals surface area contributed by atoms with E-state index in [9.17, 15) is 4.79 Å². The Morgan fingerprint density at radius 2 is 1.81 bits per heavy atom. The Hall–Kier alpha value is -3.12. The van der Waals surface area contributed by atoms with Gasteiger partial charge in [-0.05, 0) is 42.8 Å². The average Bonchev–Trinajstić information content (AvgIpc) is 2.69. The number of amides is 1. The fraction of sp³-hybridized carbons (Fsp3) is 0.150. The van der Waals surface area contributed by atoms with Crippen LogP contribution in [0.15, 0.2) is 60.7 Å². The largest absolute Gasteiger partial charge is 0.494 e. The van der Waals surface area contributed by atoms with Gasteiger partial charge in [0.05, 0.1) is 12.2 Å². The van der Waals surface area contributed by atoms with E-state index in [4.69, 9.17) is 16.3 Å². The maximum atomic E-state index is 12.7. The normalized spacial score (nSPS) is 10.3. The summed E-state index contributed by atoms with van der Waals surface area (Å²) >= 11 is 5.94. The molecule has 27 heavy (non-hydrogen) atoms. The lowest BCUT2D eigenvalue weighted by atomic mass is 10.2. The van der Waals surface area contributed by atoms with Crippen molar-refractivity contribution in [2.45, 2.75) is 13.5 Å². The molecule has 1 heterocycles. The van der Waals surface area contributed by atoms with Gasteiger partial charge in [0.15, 0.2) is 11.0 Å². The predicted molar refractivity (Wildman–Crippen MR) is 106 cm³/mol. The topological polar surface area (TPSA) is 76.1 Å². The molecule has 2 N–H and O–H groups in total. The van der Waals surface area contributed by atoms with Gasteiger partial charge in [-0.1, -0.05) is 41.9 Å². The van der Waals surface area contributed by atoms with Crippen LogP contribution in [-0.4, -0.2) is 22.7 Å². The molecule has 6 nitrogen and oxygen atoms in total. The van der Waals surface area contributed by atoms with Crippen LogP contribution in [0.2, 0.25) is 5.15 Å². The summed E-state index contributed by atoms with van der Waals surface area (Å²) in [6.07, 6.45) is 0. The number of nitrogens with zero attached hydrogens (tertiary/aromatic N) is 2. The molecule has 3 rings (SSSR count). The van der Waals surface area contributed by atoms with Crippen molar-refractivity contribution in [2.75, 3.05) is 17.2 Å². The number of hydrogen-bond donors (Lipinski definition) is 2. The second-order valence-electron chi connectivity index (χ2n) is 5.68. The molecule has 0 fully saturated rings. The number of halogens is 1. The molecule has 0 aliphatic heterocycles. The maximum Gasteiger partial charge on any atom is 0.259 e. The molecule has 138 valence electrons. The molecule has 0 aliphatic carbocycles. The summed E-state index contributed by atoms with van der Waals surface area (Å²) in [4.78, 5) is 12.7. The van der Waals surface area contributed by atoms with Crippen molar-refractivity contribution in [1.82, 2.24) is 10.2 Å². The highest BCUT2D eigenvalue weighted by Crippen LogP contribution is 2.20. The number of hydrogen-bond acceptors (Lipinski definition) is 5. The number of aromatic nitrogens is 2. The second kappa shape index (κ2) is 9.00. The van der Waals surface area contributed by atoms with E-state index in [0.717, 1.165) is 11.3 Å². The molecule has 1 aromatic heterocycles. The number of carbonyl (C=O) groups is 1. The molecule has 3 aromatic rings. The molecule has 0 saturated carbocycles. The highest BCUT2D eigenvalue weighted by molar-refractivity contribution is 6.30. The minimum Gasteiger partial charge on any atom is -0.494 e. The summed E-state index contributed by atoms with van der Waals surface area (Å²) in [6.45, 7) is 3.02. The molecule has 2 aromatic carbocycles. The van der Waals surface area contributed by atoms with Crippen molar-refractivity contribution in [3.05, 3.63) is 76.9 Å². The Bertz CT molecular complexity index is 902. The van der Waals surface area contributed by atoms with Crippen molar-refractivity contribution < 1.29 is 9.53 Å². The van der Waals surface area contributed by atoms with Gasteiger partial charge >= 0.3 is 0 Å². The van der Waals surface area contributed by atoms with E-state index in [1.54, 1.807) is 24.3 Å². The van der Waals surface area contributed by atoms with Gasteiger partial charge in [0.25, 0.3) is 5.91 Å². The zero-order valence-electron chi connectivity index (χ0n) is 14.8. The molecular formula is C20H19ClN4O2. The third-order valence-corrected chi connectivity index (χ3v) is 3.92. The SMILES string of the molecule is CCOc1ccc(NC(=O)c2cc(Cl)nnc2NCc2ccccc2)cc1. The van der Waals surface area contributed by atoms with Crippen LogP contribution in [0.3, 0.4) is 0 Å². The van der Waals surface area contributed by atoms with Crippen molar-refractivity contribution in [2.24, 2.45) is 0 Å². The van der Waals surface area contributed by atoms with E-state index < -0.39 is 0 Å². The third-order valence-electron chi connectivity index (χ3n) is 3.73. The van der Waals surface area contributed by atoms with E-state index in [0.29, 0.717) is 30.2 Å². The summed E-state index contributed by atoms with van der Waals surface area (Å²) in [5, 5.41) is 14.0. The zero-order valence-corrected chi connectivity index (χ0v) is 15.5. The average molecular weight is 383 g/mol. The monoisotopic (exact) mass is 382 g/mol. The molecule has 0 saturated heterocycles. The minimum absolute atomic E-state index is 0.150. The first-order valence-corrected chi connectivity index (χ1v) is 8.88. The predicted octanol–water partition coefficient (Wildman–Crippen LogP) is 4.39. The van der Waals surface area contributed by atoms with Crippen LogP contribution in [0.5, 0.6) is 5.75 Å². The Labute approximate surface area is 162 Å². The number of carbonyl (C=O) groups excluding carboxylic acids is 1. The van der Waals surface area contributed by atoms with E-state index in [-0.39, 0.29) is 11.1 Å². The summed E-state index contributed by atoms with van der Waals surface area (Å²) in [5.74, 6) is 0.785. The fourth-order valence-corrected chi connectivity index (χ4v) is 2.60. The van der Waals surface area contributed by atoms with Gasteiger partial charge < -0.3 is 15.4 Å². The highest BCUT2D eigenvalue weighted by atomic mass is 35.5. The Balaban J connectivity index is 1.74. The number of nitrogens with one attached hydrogen (secondary N) is 2. The smallest absolute Gasteiger partial charge is 0.259 e. The van der Waals surface area contributed by atoms with Crippen molar-refractivity contribution >= 4 is 29.0 Å². The van der Waals surface area contributed by atoms with Gasteiger partial charge in [-0.15, -0.1) is 10.2 Å². The maximum absolute atomic E-state index is 12.7. The zero-order chi connectivity index (χ0) is 19.1. The van der Waals surface area contributed by atoms with E-state index in [1.807, 2.05) is 37.3 Å². The van der Waals surface area contributed by atoms with Gasteiger partial charge in [0, 0.05) is 12.2 Å². The molecule has 1 amide bonds. The van der Waals surface area contributed by atoms with Crippen molar-refractivity contribution in [1.29, 1.82) is 0 Å². The molecule has 0 atom stereocenters. The van der Waals surface area contributed by atoms with Crippen LogP contribution in [0.25, 0.3) is 0 Å². The van der Waals surface area contributed by atoms with Gasteiger partial charge in [0.2, 0.25) is 0 Å². The van der Waals surface area contributed by atoms with Gasteiger partial charge in [-0.25, -0.2) is 0 Å². The minimum atomic E-state index is -0.327.